The van der Waals surface area contributed by atoms with Gasteiger partial charge < -0.3 is 4.42 Å². The first kappa shape index (κ1) is 19.2. The van der Waals surface area contributed by atoms with Crippen LogP contribution in [0.5, 0.6) is 0 Å². The molecule has 0 fully saturated rings. The Kier molecular flexibility index (Phi) is 4.16. The summed E-state index contributed by atoms with van der Waals surface area (Å²) in [5, 5.41) is 6.83. The fraction of sp³-hybridized carbons (Fsp3) is 0. The molecule has 0 bridgehead atoms. The molecule has 2 aromatic heterocycles. The lowest BCUT2D eigenvalue weighted by Gasteiger charge is -2.07. The second-order valence-corrected chi connectivity index (χ2v) is 8.66. The summed E-state index contributed by atoms with van der Waals surface area (Å²) in [4.78, 5) is 13.6. The molecule has 0 amide bonds. The van der Waals surface area contributed by atoms with Crippen LogP contribution in [0.25, 0.3) is 66.3 Å². The molecule has 0 unspecified atom stereocenters. The zero-order valence-corrected chi connectivity index (χ0v) is 18.6. The van der Waals surface area contributed by atoms with E-state index in [2.05, 4.69) is 64.6 Å². The van der Waals surface area contributed by atoms with Crippen molar-refractivity contribution in [2.45, 2.75) is 0 Å². The van der Waals surface area contributed by atoms with Crippen LogP contribution in [0.2, 0.25) is 5.28 Å². The van der Waals surface area contributed by atoms with Crippen LogP contribution in [0.3, 0.4) is 0 Å². The Balaban J connectivity index is 1.38. The molecule has 34 heavy (non-hydrogen) atoms. The van der Waals surface area contributed by atoms with Gasteiger partial charge in [-0.1, -0.05) is 66.7 Å². The second kappa shape index (κ2) is 7.37. The van der Waals surface area contributed by atoms with Gasteiger partial charge in [-0.15, -0.1) is 0 Å². The first-order valence-electron chi connectivity index (χ1n) is 11.0. The highest BCUT2D eigenvalue weighted by atomic mass is 35.5. The van der Waals surface area contributed by atoms with E-state index in [1.165, 1.54) is 5.39 Å². The van der Waals surface area contributed by atoms with Crippen LogP contribution in [0, 0.1) is 0 Å². The van der Waals surface area contributed by atoms with E-state index in [9.17, 15) is 0 Å². The monoisotopic (exact) mass is 457 g/mol. The van der Waals surface area contributed by atoms with Gasteiger partial charge in [-0.3, -0.25) is 0 Å². The summed E-state index contributed by atoms with van der Waals surface area (Å²) in [6.07, 6.45) is 0. The van der Waals surface area contributed by atoms with Crippen molar-refractivity contribution in [1.29, 1.82) is 0 Å². The van der Waals surface area contributed by atoms with Crippen molar-refractivity contribution < 1.29 is 4.42 Å². The van der Waals surface area contributed by atoms with Crippen LogP contribution in [0.4, 0.5) is 0 Å². The maximum absolute atomic E-state index is 6.34. The van der Waals surface area contributed by atoms with Gasteiger partial charge in [0, 0.05) is 21.9 Å². The average molecular weight is 458 g/mol. The quantitative estimate of drug-likeness (QED) is 0.263. The standard InChI is InChI=1S/C29H16ClN3O/c30-29-32-27(20-11-9-17-5-1-2-6-18(17)13-20)31-28(33-29)21-12-10-19-16-26-24(15-22(19)14-21)23-7-3-4-8-25(23)34-26/h1-16H. The molecule has 0 saturated carbocycles. The maximum Gasteiger partial charge on any atom is 0.226 e. The smallest absolute Gasteiger partial charge is 0.226 e. The Morgan fingerprint density at radius 2 is 1.15 bits per heavy atom. The number of benzene rings is 5. The van der Waals surface area contributed by atoms with Crippen molar-refractivity contribution in [3.05, 3.63) is 102 Å². The topological polar surface area (TPSA) is 51.8 Å². The van der Waals surface area contributed by atoms with Crippen LogP contribution in [-0.2, 0) is 0 Å². The Bertz CT molecular complexity index is 1890. The Morgan fingerprint density at radius 1 is 0.500 bits per heavy atom. The summed E-state index contributed by atoms with van der Waals surface area (Å²) in [6.45, 7) is 0. The number of fused-ring (bicyclic) bond motifs is 5. The molecule has 0 spiro atoms. The van der Waals surface area contributed by atoms with Gasteiger partial charge in [0.15, 0.2) is 11.6 Å². The number of hydrogen-bond acceptors (Lipinski definition) is 4. The van der Waals surface area contributed by atoms with Crippen molar-refractivity contribution in [2.75, 3.05) is 0 Å². The van der Waals surface area contributed by atoms with E-state index in [1.54, 1.807) is 0 Å². The van der Waals surface area contributed by atoms with Gasteiger partial charge in [0.1, 0.15) is 11.2 Å². The van der Waals surface area contributed by atoms with Crippen LogP contribution in [0.15, 0.2) is 101 Å². The molecule has 5 heteroatoms. The summed E-state index contributed by atoms with van der Waals surface area (Å²) in [5.41, 5.74) is 3.54. The fourth-order valence-electron chi connectivity index (χ4n) is 4.54. The molecule has 7 rings (SSSR count). The molecular formula is C29H16ClN3O. The normalized spacial score (nSPS) is 11.7. The van der Waals surface area contributed by atoms with Crippen molar-refractivity contribution in [3.8, 4) is 22.8 Å². The summed E-state index contributed by atoms with van der Waals surface area (Å²) < 4.78 is 6.04. The molecule has 160 valence electrons. The zero-order valence-electron chi connectivity index (χ0n) is 17.9. The van der Waals surface area contributed by atoms with Gasteiger partial charge in [-0.2, -0.15) is 9.97 Å². The maximum atomic E-state index is 6.34. The average Bonchev–Trinajstić information content (AvgIpc) is 3.23. The molecule has 0 aliphatic carbocycles. The van der Waals surface area contributed by atoms with Gasteiger partial charge >= 0.3 is 0 Å². The summed E-state index contributed by atoms with van der Waals surface area (Å²) in [5.74, 6) is 1.10. The van der Waals surface area contributed by atoms with Crippen LogP contribution < -0.4 is 0 Å². The van der Waals surface area contributed by atoms with E-state index >= 15 is 0 Å². The van der Waals surface area contributed by atoms with Gasteiger partial charge in [-0.05, 0) is 63.5 Å². The third kappa shape index (κ3) is 3.11. The number of para-hydroxylation sites is 1. The highest BCUT2D eigenvalue weighted by Crippen LogP contribution is 2.33. The molecule has 0 N–H and O–H groups in total. The first-order valence-corrected chi connectivity index (χ1v) is 11.4. The van der Waals surface area contributed by atoms with Gasteiger partial charge in [-0.25, -0.2) is 4.98 Å². The number of rotatable bonds is 2. The molecule has 0 atom stereocenters. The molecular weight excluding hydrogens is 442 g/mol. The highest BCUT2D eigenvalue weighted by molar-refractivity contribution is 6.28. The van der Waals surface area contributed by atoms with Gasteiger partial charge in [0.25, 0.3) is 0 Å². The van der Waals surface area contributed by atoms with E-state index in [0.29, 0.717) is 11.6 Å². The lowest BCUT2D eigenvalue weighted by atomic mass is 10.0. The molecule has 0 saturated heterocycles. The Labute approximate surface area is 199 Å². The molecule has 7 aromatic rings. The number of hydrogen-bond donors (Lipinski definition) is 0. The number of aromatic nitrogens is 3. The van der Waals surface area contributed by atoms with Gasteiger partial charge in [0.05, 0.1) is 0 Å². The number of nitrogens with zero attached hydrogens (tertiary/aromatic N) is 3. The van der Waals surface area contributed by atoms with E-state index in [0.717, 1.165) is 49.2 Å². The van der Waals surface area contributed by atoms with E-state index in [4.69, 9.17) is 21.0 Å². The predicted octanol–water partition coefficient (Wildman–Crippen LogP) is 8.06. The van der Waals surface area contributed by atoms with E-state index in [-0.39, 0.29) is 5.28 Å². The van der Waals surface area contributed by atoms with E-state index < -0.39 is 0 Å². The second-order valence-electron chi connectivity index (χ2n) is 8.32. The van der Waals surface area contributed by atoms with Crippen molar-refractivity contribution in [1.82, 2.24) is 15.0 Å². The van der Waals surface area contributed by atoms with Crippen LogP contribution >= 0.6 is 11.6 Å². The largest absolute Gasteiger partial charge is 0.456 e. The Morgan fingerprint density at radius 3 is 1.97 bits per heavy atom. The zero-order chi connectivity index (χ0) is 22.6. The third-order valence-electron chi connectivity index (χ3n) is 6.21. The van der Waals surface area contributed by atoms with Gasteiger partial charge in [0.2, 0.25) is 5.28 Å². The van der Waals surface area contributed by atoms with Crippen LogP contribution in [0.1, 0.15) is 0 Å². The minimum atomic E-state index is 0.171. The summed E-state index contributed by atoms with van der Waals surface area (Å²) in [7, 11) is 0. The lowest BCUT2D eigenvalue weighted by molar-refractivity contribution is 0.669. The molecule has 2 heterocycles. The molecule has 5 aromatic carbocycles. The third-order valence-corrected chi connectivity index (χ3v) is 6.38. The SMILES string of the molecule is Clc1nc(-c2ccc3ccccc3c2)nc(-c2ccc3cc4oc5ccccc5c4cc3c2)n1. The Hall–Kier alpha value is -4.28. The van der Waals surface area contributed by atoms with E-state index in [1.807, 2.05) is 42.5 Å². The highest BCUT2D eigenvalue weighted by Gasteiger charge is 2.12. The van der Waals surface area contributed by atoms with Crippen molar-refractivity contribution >= 4 is 55.1 Å². The predicted molar refractivity (Wildman–Crippen MR) is 138 cm³/mol. The molecule has 0 radical (unpaired) electrons. The van der Waals surface area contributed by atoms with Crippen molar-refractivity contribution in [2.24, 2.45) is 0 Å². The molecule has 0 aliphatic rings. The minimum absolute atomic E-state index is 0.171. The number of furan rings is 1. The van der Waals surface area contributed by atoms with Crippen molar-refractivity contribution in [3.63, 3.8) is 0 Å². The van der Waals surface area contributed by atoms with Crippen LogP contribution in [-0.4, -0.2) is 15.0 Å². The minimum Gasteiger partial charge on any atom is -0.456 e. The molecule has 4 nitrogen and oxygen atoms in total. The summed E-state index contributed by atoms with van der Waals surface area (Å²) in [6, 6.07) is 32.8. The molecule has 0 aliphatic heterocycles. The first-order chi connectivity index (χ1) is 16.7. The lowest BCUT2D eigenvalue weighted by Crippen LogP contribution is -1.97. The fourth-order valence-corrected chi connectivity index (χ4v) is 4.70. The summed E-state index contributed by atoms with van der Waals surface area (Å²) >= 11 is 6.34. The number of halogens is 1.